The highest BCUT2D eigenvalue weighted by atomic mass is 15.1. The Balaban J connectivity index is 2.68. The van der Waals surface area contributed by atoms with Gasteiger partial charge in [-0.3, -0.25) is 4.90 Å². The van der Waals surface area contributed by atoms with Crippen molar-refractivity contribution in [1.29, 1.82) is 0 Å². The normalized spacial score (nSPS) is 11.6. The predicted octanol–water partition coefficient (Wildman–Crippen LogP) is 3.63. The Kier molecular flexibility index (Phi) is 6.85. The SMILES string of the molecule is CCNc1cc(CN(CC(C)C)CC(C)C)ccn1. The largest absolute Gasteiger partial charge is 0.370 e. The van der Waals surface area contributed by atoms with Crippen molar-refractivity contribution in [3.8, 4) is 0 Å². The Morgan fingerprint density at radius 3 is 2.32 bits per heavy atom. The Bertz CT molecular complexity index is 351. The van der Waals surface area contributed by atoms with Crippen LogP contribution in [0.3, 0.4) is 0 Å². The lowest BCUT2D eigenvalue weighted by Crippen LogP contribution is -2.30. The highest BCUT2D eigenvalue weighted by molar-refractivity contribution is 5.37. The third kappa shape index (κ3) is 6.58. The Morgan fingerprint density at radius 2 is 1.79 bits per heavy atom. The second kappa shape index (κ2) is 8.16. The number of nitrogens with one attached hydrogen (secondary N) is 1. The summed E-state index contributed by atoms with van der Waals surface area (Å²) in [5, 5.41) is 3.27. The molecule has 0 aliphatic rings. The minimum absolute atomic E-state index is 0.703. The van der Waals surface area contributed by atoms with Gasteiger partial charge in [0, 0.05) is 32.4 Å². The van der Waals surface area contributed by atoms with Gasteiger partial charge in [-0.15, -0.1) is 0 Å². The van der Waals surface area contributed by atoms with Gasteiger partial charge >= 0.3 is 0 Å². The molecule has 0 radical (unpaired) electrons. The van der Waals surface area contributed by atoms with Gasteiger partial charge in [-0.1, -0.05) is 27.7 Å². The molecule has 0 fully saturated rings. The van der Waals surface area contributed by atoms with Crippen LogP contribution in [0.1, 0.15) is 40.2 Å². The molecule has 19 heavy (non-hydrogen) atoms. The summed E-state index contributed by atoms with van der Waals surface area (Å²) in [6.07, 6.45) is 1.90. The van der Waals surface area contributed by atoms with Crippen LogP contribution in [-0.2, 0) is 6.54 Å². The van der Waals surface area contributed by atoms with Crippen molar-refractivity contribution in [2.75, 3.05) is 25.0 Å². The van der Waals surface area contributed by atoms with E-state index in [0.717, 1.165) is 32.0 Å². The van der Waals surface area contributed by atoms with Gasteiger partial charge in [-0.25, -0.2) is 4.98 Å². The van der Waals surface area contributed by atoms with Gasteiger partial charge in [-0.05, 0) is 36.5 Å². The molecule has 0 bridgehead atoms. The van der Waals surface area contributed by atoms with E-state index in [1.807, 2.05) is 6.20 Å². The summed E-state index contributed by atoms with van der Waals surface area (Å²) < 4.78 is 0. The van der Waals surface area contributed by atoms with Crippen molar-refractivity contribution >= 4 is 5.82 Å². The van der Waals surface area contributed by atoms with Gasteiger partial charge in [0.05, 0.1) is 0 Å². The molecule has 3 heteroatoms. The molecule has 1 heterocycles. The lowest BCUT2D eigenvalue weighted by Gasteiger charge is -2.26. The van der Waals surface area contributed by atoms with Crippen molar-refractivity contribution in [2.24, 2.45) is 11.8 Å². The first kappa shape index (κ1) is 16.0. The van der Waals surface area contributed by atoms with Gasteiger partial charge in [0.15, 0.2) is 0 Å². The summed E-state index contributed by atoms with van der Waals surface area (Å²) in [6.45, 7) is 15.4. The molecule has 3 nitrogen and oxygen atoms in total. The minimum atomic E-state index is 0.703. The molecule has 1 aromatic rings. The van der Waals surface area contributed by atoms with E-state index in [1.165, 1.54) is 5.56 Å². The molecule has 0 amide bonds. The molecule has 0 saturated carbocycles. The Labute approximate surface area is 118 Å². The average Bonchev–Trinajstić information content (AvgIpc) is 2.27. The van der Waals surface area contributed by atoms with E-state index in [2.05, 4.69) is 62.0 Å². The molecule has 0 unspecified atom stereocenters. The molecule has 1 aromatic heterocycles. The summed E-state index contributed by atoms with van der Waals surface area (Å²) >= 11 is 0. The lowest BCUT2D eigenvalue weighted by atomic mass is 10.1. The third-order valence-corrected chi connectivity index (χ3v) is 2.84. The molecule has 0 atom stereocenters. The first-order valence-electron chi connectivity index (χ1n) is 7.42. The van der Waals surface area contributed by atoms with Crippen LogP contribution in [0.4, 0.5) is 5.82 Å². The number of pyridine rings is 1. The first-order valence-corrected chi connectivity index (χ1v) is 7.42. The monoisotopic (exact) mass is 263 g/mol. The number of hydrogen-bond donors (Lipinski definition) is 1. The van der Waals surface area contributed by atoms with Gasteiger partial charge < -0.3 is 5.32 Å². The van der Waals surface area contributed by atoms with E-state index in [0.29, 0.717) is 11.8 Å². The maximum atomic E-state index is 4.33. The van der Waals surface area contributed by atoms with Crippen molar-refractivity contribution in [1.82, 2.24) is 9.88 Å². The molecular formula is C16H29N3. The van der Waals surface area contributed by atoms with E-state index in [1.54, 1.807) is 0 Å². The van der Waals surface area contributed by atoms with Gasteiger partial charge in [0.25, 0.3) is 0 Å². The fraction of sp³-hybridized carbons (Fsp3) is 0.688. The van der Waals surface area contributed by atoms with Gasteiger partial charge in [-0.2, -0.15) is 0 Å². The van der Waals surface area contributed by atoms with Crippen LogP contribution in [-0.4, -0.2) is 29.5 Å². The number of rotatable bonds is 8. The summed E-state index contributed by atoms with van der Waals surface area (Å²) in [7, 11) is 0. The van der Waals surface area contributed by atoms with Crippen molar-refractivity contribution in [3.63, 3.8) is 0 Å². The maximum absolute atomic E-state index is 4.33. The molecule has 1 N–H and O–H groups in total. The minimum Gasteiger partial charge on any atom is -0.370 e. The first-order chi connectivity index (χ1) is 9.01. The summed E-state index contributed by atoms with van der Waals surface area (Å²) in [6, 6.07) is 4.28. The molecule has 1 rings (SSSR count). The van der Waals surface area contributed by atoms with Gasteiger partial charge in [0.2, 0.25) is 0 Å². The van der Waals surface area contributed by atoms with Crippen molar-refractivity contribution < 1.29 is 0 Å². The zero-order valence-corrected chi connectivity index (χ0v) is 13.1. The van der Waals surface area contributed by atoms with Crippen LogP contribution in [0.15, 0.2) is 18.3 Å². The molecule has 108 valence electrons. The van der Waals surface area contributed by atoms with Crippen LogP contribution >= 0.6 is 0 Å². The zero-order valence-electron chi connectivity index (χ0n) is 13.1. The number of nitrogens with zero attached hydrogens (tertiary/aromatic N) is 2. The molecular weight excluding hydrogens is 234 g/mol. The molecule has 0 saturated heterocycles. The van der Waals surface area contributed by atoms with E-state index in [4.69, 9.17) is 0 Å². The third-order valence-electron chi connectivity index (χ3n) is 2.84. The summed E-state index contributed by atoms with van der Waals surface area (Å²) in [5.74, 6) is 2.39. The zero-order chi connectivity index (χ0) is 14.3. The Morgan fingerprint density at radius 1 is 1.16 bits per heavy atom. The van der Waals surface area contributed by atoms with Crippen LogP contribution in [0.2, 0.25) is 0 Å². The van der Waals surface area contributed by atoms with E-state index < -0.39 is 0 Å². The van der Waals surface area contributed by atoms with Crippen LogP contribution in [0.5, 0.6) is 0 Å². The summed E-state index contributed by atoms with van der Waals surface area (Å²) in [5.41, 5.74) is 1.34. The summed E-state index contributed by atoms with van der Waals surface area (Å²) in [4.78, 5) is 6.87. The number of anilines is 1. The molecule has 0 aliphatic heterocycles. The van der Waals surface area contributed by atoms with E-state index in [9.17, 15) is 0 Å². The Hall–Kier alpha value is -1.09. The van der Waals surface area contributed by atoms with Gasteiger partial charge in [0.1, 0.15) is 5.82 Å². The molecule has 0 aliphatic carbocycles. The molecule has 0 spiro atoms. The smallest absolute Gasteiger partial charge is 0.126 e. The highest BCUT2D eigenvalue weighted by Gasteiger charge is 2.10. The van der Waals surface area contributed by atoms with E-state index in [-0.39, 0.29) is 0 Å². The van der Waals surface area contributed by atoms with Crippen LogP contribution < -0.4 is 5.32 Å². The maximum Gasteiger partial charge on any atom is 0.126 e. The number of aromatic nitrogens is 1. The predicted molar refractivity (Wildman–Crippen MR) is 83.4 cm³/mol. The highest BCUT2D eigenvalue weighted by Crippen LogP contribution is 2.12. The van der Waals surface area contributed by atoms with Crippen molar-refractivity contribution in [2.45, 2.75) is 41.2 Å². The molecule has 0 aromatic carbocycles. The van der Waals surface area contributed by atoms with Crippen molar-refractivity contribution in [3.05, 3.63) is 23.9 Å². The van der Waals surface area contributed by atoms with Crippen LogP contribution in [0, 0.1) is 11.8 Å². The second-order valence-electron chi connectivity index (χ2n) is 6.06. The fourth-order valence-electron chi connectivity index (χ4n) is 2.35. The lowest BCUT2D eigenvalue weighted by molar-refractivity contribution is 0.211. The standard InChI is InChI=1S/C16H29N3/c1-6-17-16-9-15(7-8-18-16)12-19(10-13(2)3)11-14(4)5/h7-9,13-14H,6,10-12H2,1-5H3,(H,17,18). The fourth-order valence-corrected chi connectivity index (χ4v) is 2.35. The average molecular weight is 263 g/mol. The quantitative estimate of drug-likeness (QED) is 0.776. The number of hydrogen-bond acceptors (Lipinski definition) is 3. The topological polar surface area (TPSA) is 28.2 Å². The van der Waals surface area contributed by atoms with E-state index >= 15 is 0 Å². The van der Waals surface area contributed by atoms with Crippen LogP contribution in [0.25, 0.3) is 0 Å². The second-order valence-corrected chi connectivity index (χ2v) is 6.06.